The van der Waals surface area contributed by atoms with Crippen LogP contribution in [0.1, 0.15) is 6.42 Å². The van der Waals surface area contributed by atoms with Crippen molar-refractivity contribution in [3.8, 4) is 0 Å². The van der Waals surface area contributed by atoms with Gasteiger partial charge in [-0.05, 0) is 0 Å². The summed E-state index contributed by atoms with van der Waals surface area (Å²) in [6.45, 7) is -2.78. The van der Waals surface area contributed by atoms with Crippen LogP contribution in [0.4, 0.5) is 0 Å². The summed E-state index contributed by atoms with van der Waals surface area (Å²) in [6, 6.07) is -1.49. The number of carbonyl (C=O) groups is 6. The van der Waals surface area contributed by atoms with E-state index in [1.165, 1.54) is 0 Å². The van der Waals surface area contributed by atoms with Gasteiger partial charge in [-0.2, -0.15) is 0 Å². The molecule has 0 aliphatic rings. The Balaban J connectivity index is 4.95. The first kappa shape index (κ1) is 24.7. The monoisotopic (exact) mass is 406 g/mol. The van der Waals surface area contributed by atoms with Crippen molar-refractivity contribution in [2.45, 2.75) is 12.5 Å². The van der Waals surface area contributed by atoms with Crippen molar-refractivity contribution in [3.05, 3.63) is 0 Å². The lowest BCUT2D eigenvalue weighted by atomic mass is 10.2. The number of amides is 2. The molecule has 0 aromatic rings. The molecule has 0 saturated heterocycles. The normalized spacial score (nSPS) is 11.8. The Morgan fingerprint density at radius 1 is 0.714 bits per heavy atom. The fourth-order valence-corrected chi connectivity index (χ4v) is 2.13. The van der Waals surface area contributed by atoms with E-state index in [1.54, 1.807) is 0 Å². The molecule has 0 aliphatic heterocycles. The van der Waals surface area contributed by atoms with Crippen LogP contribution in [0.3, 0.4) is 0 Å². The van der Waals surface area contributed by atoms with Gasteiger partial charge >= 0.3 is 23.9 Å². The summed E-state index contributed by atoms with van der Waals surface area (Å²) in [5.41, 5.74) is 4.99. The highest BCUT2D eigenvalue weighted by molar-refractivity contribution is 5.90. The zero-order valence-corrected chi connectivity index (χ0v) is 14.7. The predicted octanol–water partition coefficient (Wildman–Crippen LogP) is -3.71. The average molecular weight is 406 g/mol. The molecule has 0 spiro atoms. The number of hydrogen-bond acceptors (Lipinski definition) is 8. The zero-order valence-electron chi connectivity index (χ0n) is 14.7. The number of hydrogen-bond donors (Lipinski definition) is 6. The molecule has 1 atom stereocenters. The van der Waals surface area contributed by atoms with Crippen LogP contribution in [0.25, 0.3) is 0 Å². The van der Waals surface area contributed by atoms with E-state index in [1.807, 2.05) is 0 Å². The highest BCUT2D eigenvalue weighted by Gasteiger charge is 2.23. The summed E-state index contributed by atoms with van der Waals surface area (Å²) >= 11 is 0. The van der Waals surface area contributed by atoms with Gasteiger partial charge in [0.1, 0.15) is 6.04 Å². The molecule has 0 fully saturated rings. The number of carboxylic acids is 4. The first-order valence-electron chi connectivity index (χ1n) is 7.81. The summed E-state index contributed by atoms with van der Waals surface area (Å²) in [5.74, 6) is -7.25. The van der Waals surface area contributed by atoms with Gasteiger partial charge in [0.15, 0.2) is 0 Å². The van der Waals surface area contributed by atoms with Crippen molar-refractivity contribution in [3.63, 3.8) is 0 Å². The molecule has 0 heterocycles. The first-order valence-corrected chi connectivity index (χ1v) is 7.81. The highest BCUT2D eigenvalue weighted by atomic mass is 16.4. The zero-order chi connectivity index (χ0) is 21.9. The fraction of sp³-hybridized carbons (Fsp3) is 0.571. The minimum absolute atomic E-state index is 0.173. The van der Waals surface area contributed by atoms with Crippen LogP contribution in [-0.4, -0.2) is 111 Å². The molecule has 0 aliphatic carbocycles. The van der Waals surface area contributed by atoms with Crippen molar-refractivity contribution < 1.29 is 49.2 Å². The quantitative estimate of drug-likeness (QED) is 0.154. The minimum Gasteiger partial charge on any atom is -0.481 e. The van der Waals surface area contributed by atoms with Gasteiger partial charge in [0.25, 0.3) is 0 Å². The van der Waals surface area contributed by atoms with E-state index < -0.39 is 74.3 Å². The lowest BCUT2D eigenvalue weighted by Gasteiger charge is -2.25. The Hall–Kier alpha value is -3.26. The molecule has 158 valence electrons. The van der Waals surface area contributed by atoms with Crippen molar-refractivity contribution in [2.75, 3.05) is 39.3 Å². The Labute approximate surface area is 158 Å². The molecule has 0 radical (unpaired) electrons. The van der Waals surface area contributed by atoms with Gasteiger partial charge < -0.3 is 31.5 Å². The minimum atomic E-state index is -1.49. The second kappa shape index (κ2) is 12.2. The smallest absolute Gasteiger partial charge is 0.317 e. The molecule has 7 N–H and O–H groups in total. The van der Waals surface area contributed by atoms with Gasteiger partial charge in [0.05, 0.1) is 32.6 Å². The van der Waals surface area contributed by atoms with Crippen molar-refractivity contribution in [2.24, 2.45) is 5.73 Å². The van der Waals surface area contributed by atoms with E-state index in [4.69, 9.17) is 26.2 Å². The fourth-order valence-electron chi connectivity index (χ4n) is 2.13. The lowest BCUT2D eigenvalue weighted by molar-refractivity contribution is -0.144. The first-order chi connectivity index (χ1) is 12.9. The van der Waals surface area contributed by atoms with Crippen LogP contribution >= 0.6 is 0 Å². The standard InChI is InChI=1S/C14H22N4O10/c15-14(28)8(3-10(20)21)16-9(19)4-17(5-11(22)23)1-2-18(6-12(24)25)7-13(26)27/h8H,1-7H2,(H2,15,28)(H,16,19)(H,20,21)(H,22,23)(H,24,25)(H,26,27). The summed E-state index contributed by atoms with van der Waals surface area (Å²) in [4.78, 5) is 68.4. The van der Waals surface area contributed by atoms with E-state index in [9.17, 15) is 28.8 Å². The molecule has 1 unspecified atom stereocenters. The van der Waals surface area contributed by atoms with Crippen LogP contribution in [0, 0.1) is 0 Å². The number of nitrogens with zero attached hydrogens (tertiary/aromatic N) is 2. The van der Waals surface area contributed by atoms with Crippen LogP contribution in [0.2, 0.25) is 0 Å². The third kappa shape index (κ3) is 12.2. The van der Waals surface area contributed by atoms with E-state index in [0.29, 0.717) is 0 Å². The molecule has 0 rings (SSSR count). The van der Waals surface area contributed by atoms with Crippen LogP contribution in [0.5, 0.6) is 0 Å². The molecule has 28 heavy (non-hydrogen) atoms. The van der Waals surface area contributed by atoms with E-state index in [0.717, 1.165) is 9.80 Å². The summed E-state index contributed by atoms with van der Waals surface area (Å²) in [5, 5.41) is 37.2. The van der Waals surface area contributed by atoms with E-state index in [-0.39, 0.29) is 13.1 Å². The molecular formula is C14H22N4O10. The number of carboxylic acid groups (broad SMARTS) is 4. The summed E-state index contributed by atoms with van der Waals surface area (Å²) < 4.78 is 0. The average Bonchev–Trinajstić information content (AvgIpc) is 2.49. The second-order valence-corrected chi connectivity index (χ2v) is 5.72. The van der Waals surface area contributed by atoms with Gasteiger partial charge in [-0.15, -0.1) is 0 Å². The number of nitrogens with one attached hydrogen (secondary N) is 1. The number of nitrogens with two attached hydrogens (primary N) is 1. The topological polar surface area (TPSA) is 228 Å². The van der Waals surface area contributed by atoms with Gasteiger partial charge in [-0.1, -0.05) is 0 Å². The predicted molar refractivity (Wildman–Crippen MR) is 89.2 cm³/mol. The number of carbonyl (C=O) groups excluding carboxylic acids is 2. The molecule has 0 aromatic heterocycles. The van der Waals surface area contributed by atoms with Crippen molar-refractivity contribution in [1.82, 2.24) is 15.1 Å². The Kier molecular flexibility index (Phi) is 10.8. The lowest BCUT2D eigenvalue weighted by Crippen LogP contribution is -2.50. The van der Waals surface area contributed by atoms with Crippen molar-refractivity contribution in [1.29, 1.82) is 0 Å². The Morgan fingerprint density at radius 2 is 1.11 bits per heavy atom. The number of primary amides is 1. The highest BCUT2D eigenvalue weighted by Crippen LogP contribution is 1.96. The van der Waals surface area contributed by atoms with Crippen LogP contribution in [-0.2, 0) is 28.8 Å². The maximum atomic E-state index is 12.0. The molecule has 0 saturated carbocycles. The molecular weight excluding hydrogens is 384 g/mol. The van der Waals surface area contributed by atoms with Crippen molar-refractivity contribution >= 4 is 35.7 Å². The third-order valence-electron chi connectivity index (χ3n) is 3.23. The van der Waals surface area contributed by atoms with Gasteiger partial charge in [-0.25, -0.2) is 0 Å². The van der Waals surface area contributed by atoms with Gasteiger partial charge in [-0.3, -0.25) is 38.6 Å². The van der Waals surface area contributed by atoms with Gasteiger partial charge in [0, 0.05) is 13.1 Å². The maximum absolute atomic E-state index is 12.0. The maximum Gasteiger partial charge on any atom is 0.317 e. The Morgan fingerprint density at radius 3 is 1.43 bits per heavy atom. The number of aliphatic carboxylic acids is 4. The summed E-state index contributed by atoms with van der Waals surface area (Å²) in [7, 11) is 0. The number of rotatable bonds is 15. The SMILES string of the molecule is NC(=O)C(CC(=O)O)NC(=O)CN(CCN(CC(=O)O)CC(=O)O)CC(=O)O. The molecule has 0 bridgehead atoms. The van der Waals surface area contributed by atoms with Crippen LogP contribution < -0.4 is 11.1 Å². The molecule has 14 nitrogen and oxygen atoms in total. The molecule has 0 aromatic carbocycles. The van der Waals surface area contributed by atoms with E-state index in [2.05, 4.69) is 5.32 Å². The van der Waals surface area contributed by atoms with Crippen LogP contribution in [0.15, 0.2) is 0 Å². The largest absolute Gasteiger partial charge is 0.481 e. The Bertz CT molecular complexity index is 607. The summed E-state index contributed by atoms with van der Waals surface area (Å²) in [6.07, 6.45) is -0.759. The second-order valence-electron chi connectivity index (χ2n) is 5.72. The molecule has 2 amide bonds. The third-order valence-corrected chi connectivity index (χ3v) is 3.23. The van der Waals surface area contributed by atoms with E-state index >= 15 is 0 Å². The van der Waals surface area contributed by atoms with Gasteiger partial charge in [0.2, 0.25) is 11.8 Å². The molecule has 14 heteroatoms.